The Bertz CT molecular complexity index is 577. The molecule has 1 aromatic heterocycles. The smallest absolute Gasteiger partial charge is 0.121 e. The second-order valence-electron chi connectivity index (χ2n) is 5.17. The minimum Gasteiger partial charge on any atom is -0.384 e. The summed E-state index contributed by atoms with van der Waals surface area (Å²) in [5.41, 5.74) is 12.6. The summed E-state index contributed by atoms with van der Waals surface area (Å²) < 4.78 is 1.74. The number of anilines is 1. The Hall–Kier alpha value is -1.77. The lowest BCUT2D eigenvalue weighted by atomic mass is 9.84. The van der Waals surface area contributed by atoms with Crippen molar-refractivity contribution in [3.8, 4) is 11.3 Å². The number of nitrogens with two attached hydrogens (primary N) is 1. The molecule has 1 aliphatic rings. The molecule has 0 fully saturated rings. The molecule has 3 rings (SSSR count). The van der Waals surface area contributed by atoms with E-state index in [0.29, 0.717) is 0 Å². The van der Waals surface area contributed by atoms with Crippen molar-refractivity contribution in [1.29, 1.82) is 0 Å². The van der Waals surface area contributed by atoms with E-state index in [1.807, 2.05) is 13.1 Å². The van der Waals surface area contributed by atoms with Gasteiger partial charge in [-0.15, -0.1) is 0 Å². The van der Waals surface area contributed by atoms with Crippen LogP contribution in [0.1, 0.15) is 29.5 Å². The Morgan fingerprint density at radius 2 is 1.89 bits per heavy atom. The van der Waals surface area contributed by atoms with Crippen LogP contribution in [0, 0.1) is 6.92 Å². The molecule has 2 N–H and O–H groups in total. The predicted molar refractivity (Wildman–Crippen MR) is 74.4 cm³/mol. The molecule has 3 heteroatoms. The number of benzene rings is 1. The zero-order chi connectivity index (χ0) is 12.7. The van der Waals surface area contributed by atoms with Gasteiger partial charge in [-0.25, -0.2) is 0 Å². The maximum Gasteiger partial charge on any atom is 0.121 e. The van der Waals surface area contributed by atoms with E-state index in [1.54, 1.807) is 4.68 Å². The van der Waals surface area contributed by atoms with Gasteiger partial charge in [0, 0.05) is 18.7 Å². The Morgan fingerprint density at radius 1 is 1.17 bits per heavy atom. The summed E-state index contributed by atoms with van der Waals surface area (Å²) in [6.07, 6.45) is 4.97. The third-order valence-electron chi connectivity index (χ3n) is 3.96. The number of fused-ring (bicyclic) bond motifs is 1. The van der Waals surface area contributed by atoms with Crippen LogP contribution in [0.2, 0.25) is 0 Å². The van der Waals surface area contributed by atoms with Crippen molar-refractivity contribution in [2.45, 2.75) is 32.6 Å². The first kappa shape index (κ1) is 11.3. The number of rotatable bonds is 1. The van der Waals surface area contributed by atoms with E-state index in [-0.39, 0.29) is 0 Å². The Balaban J connectivity index is 2.18. The fourth-order valence-electron chi connectivity index (χ4n) is 2.90. The number of hydrogen-bond acceptors (Lipinski definition) is 2. The van der Waals surface area contributed by atoms with Crippen molar-refractivity contribution in [1.82, 2.24) is 9.78 Å². The topological polar surface area (TPSA) is 43.8 Å². The summed E-state index contributed by atoms with van der Waals surface area (Å²) in [4.78, 5) is 0. The summed E-state index contributed by atoms with van der Waals surface area (Å²) >= 11 is 0. The molecular weight excluding hydrogens is 222 g/mol. The van der Waals surface area contributed by atoms with Crippen LogP contribution in [0.15, 0.2) is 18.2 Å². The van der Waals surface area contributed by atoms with Gasteiger partial charge in [0.1, 0.15) is 5.82 Å². The minimum absolute atomic E-state index is 0.718. The highest BCUT2D eigenvalue weighted by Crippen LogP contribution is 2.33. The van der Waals surface area contributed by atoms with Gasteiger partial charge in [-0.3, -0.25) is 4.68 Å². The lowest BCUT2D eigenvalue weighted by Crippen LogP contribution is -2.07. The first-order valence-corrected chi connectivity index (χ1v) is 6.58. The molecule has 2 aromatic rings. The van der Waals surface area contributed by atoms with Gasteiger partial charge in [0.25, 0.3) is 0 Å². The van der Waals surface area contributed by atoms with Crippen LogP contribution in [0.3, 0.4) is 0 Å². The molecule has 1 aliphatic carbocycles. The number of aromatic nitrogens is 2. The summed E-state index contributed by atoms with van der Waals surface area (Å²) in [5.74, 6) is 0.718. The van der Waals surface area contributed by atoms with Gasteiger partial charge in [-0.1, -0.05) is 12.1 Å². The Labute approximate surface area is 108 Å². The first-order chi connectivity index (χ1) is 8.66. The summed E-state index contributed by atoms with van der Waals surface area (Å²) in [5, 5.41) is 4.51. The van der Waals surface area contributed by atoms with E-state index in [2.05, 4.69) is 24.2 Å². The van der Waals surface area contributed by atoms with Gasteiger partial charge in [0.15, 0.2) is 0 Å². The van der Waals surface area contributed by atoms with Crippen LogP contribution in [-0.2, 0) is 19.9 Å². The predicted octanol–water partition coefficient (Wildman–Crippen LogP) is 2.86. The molecule has 0 saturated carbocycles. The molecule has 0 amide bonds. The van der Waals surface area contributed by atoms with Gasteiger partial charge < -0.3 is 5.73 Å². The summed E-state index contributed by atoms with van der Waals surface area (Å²) in [7, 11) is 1.89. The zero-order valence-corrected chi connectivity index (χ0v) is 11.0. The van der Waals surface area contributed by atoms with Gasteiger partial charge in [-0.2, -0.15) is 5.10 Å². The quantitative estimate of drug-likeness (QED) is 0.834. The maximum atomic E-state index is 5.88. The molecular formula is C15H19N3. The van der Waals surface area contributed by atoms with Crippen molar-refractivity contribution in [3.05, 3.63) is 34.9 Å². The van der Waals surface area contributed by atoms with Gasteiger partial charge >= 0.3 is 0 Å². The molecule has 0 aliphatic heterocycles. The molecule has 0 saturated heterocycles. The van der Waals surface area contributed by atoms with E-state index >= 15 is 0 Å². The van der Waals surface area contributed by atoms with Crippen molar-refractivity contribution in [2.24, 2.45) is 7.05 Å². The number of aryl methyl sites for hydroxylation is 2. The van der Waals surface area contributed by atoms with E-state index in [0.717, 1.165) is 11.5 Å². The van der Waals surface area contributed by atoms with Gasteiger partial charge in [0.05, 0.1) is 5.69 Å². The normalized spacial score (nSPS) is 14.6. The average molecular weight is 241 g/mol. The molecule has 18 heavy (non-hydrogen) atoms. The van der Waals surface area contributed by atoms with Crippen molar-refractivity contribution < 1.29 is 0 Å². The van der Waals surface area contributed by atoms with Crippen LogP contribution in [0.5, 0.6) is 0 Å². The molecule has 0 radical (unpaired) electrons. The van der Waals surface area contributed by atoms with E-state index in [4.69, 9.17) is 5.73 Å². The van der Waals surface area contributed by atoms with Crippen LogP contribution in [0.25, 0.3) is 11.3 Å². The second kappa shape index (κ2) is 4.16. The van der Waals surface area contributed by atoms with Gasteiger partial charge in [-0.05, 0) is 49.3 Å². The van der Waals surface area contributed by atoms with E-state index in [9.17, 15) is 0 Å². The lowest BCUT2D eigenvalue weighted by molar-refractivity contribution is 0.682. The van der Waals surface area contributed by atoms with E-state index in [1.165, 1.54) is 47.9 Å². The highest BCUT2D eigenvalue weighted by atomic mass is 15.3. The zero-order valence-electron chi connectivity index (χ0n) is 11.0. The second-order valence-corrected chi connectivity index (χ2v) is 5.17. The molecule has 0 unspecified atom stereocenters. The SMILES string of the molecule is Cc1ccc(-c2cc(N)n(C)n2)c2c1CCCC2. The van der Waals surface area contributed by atoms with Crippen LogP contribution < -0.4 is 5.73 Å². The van der Waals surface area contributed by atoms with Crippen LogP contribution in [0.4, 0.5) is 5.82 Å². The van der Waals surface area contributed by atoms with E-state index < -0.39 is 0 Å². The Morgan fingerprint density at radius 3 is 2.56 bits per heavy atom. The third kappa shape index (κ3) is 1.70. The molecule has 3 nitrogen and oxygen atoms in total. The monoisotopic (exact) mass is 241 g/mol. The largest absolute Gasteiger partial charge is 0.384 e. The van der Waals surface area contributed by atoms with Crippen molar-refractivity contribution in [3.63, 3.8) is 0 Å². The molecule has 1 aromatic carbocycles. The molecule has 0 spiro atoms. The highest BCUT2D eigenvalue weighted by molar-refractivity contribution is 5.69. The standard InChI is InChI=1S/C15H19N3/c1-10-7-8-13(12-6-4-3-5-11(10)12)14-9-15(16)18(2)17-14/h7-9H,3-6,16H2,1-2H3. The summed E-state index contributed by atoms with van der Waals surface area (Å²) in [6, 6.07) is 6.38. The van der Waals surface area contributed by atoms with Gasteiger partial charge in [0.2, 0.25) is 0 Å². The molecule has 0 bridgehead atoms. The number of nitrogens with zero attached hydrogens (tertiary/aromatic N) is 2. The third-order valence-corrected chi connectivity index (χ3v) is 3.96. The molecule has 94 valence electrons. The number of hydrogen-bond donors (Lipinski definition) is 1. The fourth-order valence-corrected chi connectivity index (χ4v) is 2.90. The fraction of sp³-hybridized carbons (Fsp3) is 0.400. The minimum atomic E-state index is 0.718. The average Bonchev–Trinajstić information content (AvgIpc) is 2.70. The Kier molecular flexibility index (Phi) is 2.62. The molecule has 0 atom stereocenters. The maximum absolute atomic E-state index is 5.88. The van der Waals surface area contributed by atoms with Crippen LogP contribution >= 0.6 is 0 Å². The van der Waals surface area contributed by atoms with Crippen LogP contribution in [-0.4, -0.2) is 9.78 Å². The first-order valence-electron chi connectivity index (χ1n) is 6.58. The van der Waals surface area contributed by atoms with Crippen molar-refractivity contribution >= 4 is 5.82 Å². The lowest BCUT2D eigenvalue weighted by Gasteiger charge is -2.20. The molecule has 1 heterocycles. The highest BCUT2D eigenvalue weighted by Gasteiger charge is 2.17. The number of nitrogen functional groups attached to an aromatic ring is 1. The van der Waals surface area contributed by atoms with Crippen molar-refractivity contribution in [2.75, 3.05) is 5.73 Å². The summed E-state index contributed by atoms with van der Waals surface area (Å²) in [6.45, 7) is 2.21.